The zero-order valence-corrected chi connectivity index (χ0v) is 12.6. The summed E-state index contributed by atoms with van der Waals surface area (Å²) in [7, 11) is 0. The molecular formula is C14H10BrNO3S. The van der Waals surface area contributed by atoms with Gasteiger partial charge in [0.2, 0.25) is 0 Å². The Morgan fingerprint density at radius 2 is 1.90 bits per heavy atom. The van der Waals surface area contributed by atoms with E-state index in [0.29, 0.717) is 5.56 Å². The molecule has 2 aromatic rings. The Balaban J connectivity index is 2.18. The molecule has 0 bridgehead atoms. The summed E-state index contributed by atoms with van der Waals surface area (Å²) in [6, 6.07) is 10.3. The molecule has 0 aliphatic rings. The van der Waals surface area contributed by atoms with Crippen molar-refractivity contribution in [3.8, 4) is 0 Å². The first kappa shape index (κ1) is 14.5. The average molecular weight is 352 g/mol. The Morgan fingerprint density at radius 1 is 1.20 bits per heavy atom. The topological polar surface area (TPSA) is 66.4 Å². The number of amides is 1. The van der Waals surface area contributed by atoms with Crippen molar-refractivity contribution in [2.75, 3.05) is 0 Å². The molecule has 0 radical (unpaired) electrons. The second kappa shape index (κ2) is 6.49. The number of carbonyl (C=O) groups excluding carboxylic acids is 1. The minimum Gasteiger partial charge on any atom is -0.477 e. The molecule has 2 N–H and O–H groups in total. The quantitative estimate of drug-likeness (QED) is 0.830. The van der Waals surface area contributed by atoms with Gasteiger partial charge in [-0.15, -0.1) is 11.3 Å². The molecule has 0 aliphatic carbocycles. The van der Waals surface area contributed by atoms with Crippen LogP contribution < -0.4 is 5.32 Å². The lowest BCUT2D eigenvalue weighted by atomic mass is 10.2. The standard InChI is InChI=1S/C14H10BrNO3S/c15-10-5-3-9(4-6-10)13(17)16-12(14(18)19)8-11-2-1-7-20-11/h1-8H,(H,16,17)(H,18,19). The molecule has 0 fully saturated rings. The second-order valence-electron chi connectivity index (χ2n) is 3.84. The van der Waals surface area contributed by atoms with E-state index in [9.17, 15) is 9.59 Å². The van der Waals surface area contributed by atoms with E-state index in [0.717, 1.165) is 9.35 Å². The number of nitrogens with one attached hydrogen (secondary N) is 1. The minimum atomic E-state index is -1.18. The number of rotatable bonds is 4. The van der Waals surface area contributed by atoms with Crippen LogP contribution in [0.3, 0.4) is 0 Å². The highest BCUT2D eigenvalue weighted by Crippen LogP contribution is 2.14. The largest absolute Gasteiger partial charge is 0.477 e. The molecule has 1 amide bonds. The number of halogens is 1. The fourth-order valence-corrected chi connectivity index (χ4v) is 2.38. The van der Waals surface area contributed by atoms with Crippen LogP contribution in [0.1, 0.15) is 15.2 Å². The van der Waals surface area contributed by atoms with Gasteiger partial charge in [-0.25, -0.2) is 4.79 Å². The van der Waals surface area contributed by atoms with Crippen LogP contribution in [-0.4, -0.2) is 17.0 Å². The molecule has 1 aromatic carbocycles. The highest BCUT2D eigenvalue weighted by Gasteiger charge is 2.13. The smallest absolute Gasteiger partial charge is 0.352 e. The van der Waals surface area contributed by atoms with E-state index < -0.39 is 11.9 Å². The van der Waals surface area contributed by atoms with E-state index in [1.807, 2.05) is 11.4 Å². The molecule has 0 spiro atoms. The minimum absolute atomic E-state index is 0.152. The van der Waals surface area contributed by atoms with Crippen LogP contribution in [-0.2, 0) is 4.79 Å². The number of hydrogen-bond acceptors (Lipinski definition) is 3. The lowest BCUT2D eigenvalue weighted by Crippen LogP contribution is -2.27. The zero-order valence-electron chi connectivity index (χ0n) is 10.2. The second-order valence-corrected chi connectivity index (χ2v) is 5.73. The van der Waals surface area contributed by atoms with E-state index in [1.165, 1.54) is 17.4 Å². The number of aliphatic carboxylic acids is 1. The van der Waals surface area contributed by atoms with Gasteiger partial charge in [0.15, 0.2) is 0 Å². The summed E-state index contributed by atoms with van der Waals surface area (Å²) in [6.07, 6.45) is 1.43. The molecular weight excluding hydrogens is 342 g/mol. The maximum absolute atomic E-state index is 12.0. The fourth-order valence-electron chi connectivity index (χ4n) is 1.46. The number of carbonyl (C=O) groups is 2. The zero-order chi connectivity index (χ0) is 14.5. The first-order valence-corrected chi connectivity index (χ1v) is 7.29. The molecule has 4 nitrogen and oxygen atoms in total. The van der Waals surface area contributed by atoms with Gasteiger partial charge >= 0.3 is 5.97 Å². The molecule has 0 unspecified atom stereocenters. The van der Waals surface area contributed by atoms with E-state index >= 15 is 0 Å². The van der Waals surface area contributed by atoms with Crippen LogP contribution >= 0.6 is 27.3 Å². The average Bonchev–Trinajstić information content (AvgIpc) is 2.91. The fraction of sp³-hybridized carbons (Fsp3) is 0. The lowest BCUT2D eigenvalue weighted by Gasteiger charge is -2.05. The Kier molecular flexibility index (Phi) is 4.70. The normalized spacial score (nSPS) is 11.2. The van der Waals surface area contributed by atoms with Gasteiger partial charge < -0.3 is 10.4 Å². The monoisotopic (exact) mass is 351 g/mol. The summed E-state index contributed by atoms with van der Waals surface area (Å²) in [6.45, 7) is 0. The van der Waals surface area contributed by atoms with Gasteiger partial charge in [-0.1, -0.05) is 22.0 Å². The van der Waals surface area contributed by atoms with Crippen molar-refractivity contribution in [2.45, 2.75) is 0 Å². The molecule has 6 heteroatoms. The van der Waals surface area contributed by atoms with E-state index in [1.54, 1.807) is 30.3 Å². The summed E-state index contributed by atoms with van der Waals surface area (Å²) in [4.78, 5) is 23.9. The maximum atomic E-state index is 12.0. The molecule has 0 saturated heterocycles. The molecule has 102 valence electrons. The van der Waals surface area contributed by atoms with Crippen molar-refractivity contribution in [1.82, 2.24) is 5.32 Å². The van der Waals surface area contributed by atoms with Gasteiger partial charge in [-0.05, 0) is 41.8 Å². The van der Waals surface area contributed by atoms with E-state index in [2.05, 4.69) is 21.2 Å². The first-order chi connectivity index (χ1) is 9.56. The SMILES string of the molecule is O=C(O)C(=Cc1cccs1)NC(=O)c1ccc(Br)cc1. The summed E-state index contributed by atoms with van der Waals surface area (Å²) in [5, 5.41) is 13.4. The van der Waals surface area contributed by atoms with Gasteiger partial charge in [0.05, 0.1) is 0 Å². The van der Waals surface area contributed by atoms with Crippen LogP contribution in [0.4, 0.5) is 0 Å². The van der Waals surface area contributed by atoms with Crippen molar-refractivity contribution < 1.29 is 14.7 Å². The summed E-state index contributed by atoms with van der Waals surface area (Å²) in [5.41, 5.74) is 0.242. The summed E-state index contributed by atoms with van der Waals surface area (Å²) >= 11 is 4.67. The van der Waals surface area contributed by atoms with Crippen molar-refractivity contribution in [2.24, 2.45) is 0 Å². The third-order valence-corrected chi connectivity index (χ3v) is 3.76. The van der Waals surface area contributed by atoms with Crippen LogP contribution in [0.25, 0.3) is 6.08 Å². The van der Waals surface area contributed by atoms with E-state index in [4.69, 9.17) is 5.11 Å². The lowest BCUT2D eigenvalue weighted by molar-refractivity contribution is -0.132. The molecule has 0 atom stereocenters. The molecule has 1 heterocycles. The van der Waals surface area contributed by atoms with Crippen molar-refractivity contribution >= 4 is 45.2 Å². The van der Waals surface area contributed by atoms with E-state index in [-0.39, 0.29) is 5.70 Å². The number of carboxylic acid groups (broad SMARTS) is 1. The number of carboxylic acids is 1. The van der Waals surface area contributed by atoms with Crippen LogP contribution in [0, 0.1) is 0 Å². The van der Waals surface area contributed by atoms with Crippen molar-refractivity contribution in [3.63, 3.8) is 0 Å². The Labute approximate surface area is 127 Å². The Bertz CT molecular complexity index is 648. The third kappa shape index (κ3) is 3.79. The number of hydrogen-bond donors (Lipinski definition) is 2. The summed E-state index contributed by atoms with van der Waals surface area (Å²) in [5.74, 6) is -1.63. The predicted molar refractivity (Wildman–Crippen MR) is 81.5 cm³/mol. The first-order valence-electron chi connectivity index (χ1n) is 5.61. The number of benzene rings is 1. The Morgan fingerprint density at radius 3 is 2.45 bits per heavy atom. The van der Waals surface area contributed by atoms with Crippen LogP contribution in [0.5, 0.6) is 0 Å². The molecule has 1 aromatic heterocycles. The Hall–Kier alpha value is -1.92. The highest BCUT2D eigenvalue weighted by atomic mass is 79.9. The van der Waals surface area contributed by atoms with Gasteiger partial charge in [-0.2, -0.15) is 0 Å². The summed E-state index contributed by atoms with van der Waals surface area (Å²) < 4.78 is 0.849. The van der Waals surface area contributed by atoms with Crippen LogP contribution in [0.15, 0.2) is 51.9 Å². The maximum Gasteiger partial charge on any atom is 0.352 e. The van der Waals surface area contributed by atoms with Crippen molar-refractivity contribution in [3.05, 3.63) is 62.4 Å². The highest BCUT2D eigenvalue weighted by molar-refractivity contribution is 9.10. The van der Waals surface area contributed by atoms with Gasteiger partial charge in [0, 0.05) is 14.9 Å². The molecule has 20 heavy (non-hydrogen) atoms. The van der Waals surface area contributed by atoms with Gasteiger partial charge in [0.25, 0.3) is 5.91 Å². The van der Waals surface area contributed by atoms with Crippen molar-refractivity contribution in [1.29, 1.82) is 0 Å². The number of thiophene rings is 1. The van der Waals surface area contributed by atoms with Gasteiger partial charge in [-0.3, -0.25) is 4.79 Å². The van der Waals surface area contributed by atoms with Gasteiger partial charge in [0.1, 0.15) is 5.70 Å². The third-order valence-electron chi connectivity index (χ3n) is 2.41. The molecule has 2 rings (SSSR count). The molecule has 0 saturated carbocycles. The predicted octanol–water partition coefficient (Wildman–Crippen LogP) is 3.37. The molecule has 0 aliphatic heterocycles. The van der Waals surface area contributed by atoms with Crippen LogP contribution in [0.2, 0.25) is 0 Å².